The molecule has 0 bridgehead atoms. The van der Waals surface area contributed by atoms with Crippen molar-refractivity contribution in [1.29, 1.82) is 0 Å². The van der Waals surface area contributed by atoms with Crippen LogP contribution in [0.5, 0.6) is 0 Å². The third kappa shape index (κ3) is 5.71. The molecule has 0 aliphatic heterocycles. The molecule has 1 aromatic carbocycles. The molecule has 0 amide bonds. The Bertz CT molecular complexity index is 383. The molecule has 0 atom stereocenters. The fraction of sp³-hybridized carbons (Fsp3) is 0.533. The van der Waals surface area contributed by atoms with E-state index in [0.29, 0.717) is 5.92 Å². The van der Waals surface area contributed by atoms with Crippen LogP contribution in [0.25, 0.3) is 0 Å². The highest BCUT2D eigenvalue weighted by Gasteiger charge is 1.99. The quantitative estimate of drug-likeness (QED) is 0.620. The molecule has 0 fully saturated rings. The Hall–Kier alpha value is -1.51. The largest absolute Gasteiger partial charge is 0.356 e. The predicted molar refractivity (Wildman–Crippen MR) is 78.8 cm³/mol. The lowest BCUT2D eigenvalue weighted by Gasteiger charge is -2.13. The summed E-state index contributed by atoms with van der Waals surface area (Å²) < 4.78 is 0. The monoisotopic (exact) mass is 247 g/mol. The van der Waals surface area contributed by atoms with Gasteiger partial charge in [-0.25, -0.2) is 0 Å². The van der Waals surface area contributed by atoms with E-state index < -0.39 is 0 Å². The van der Waals surface area contributed by atoms with Crippen molar-refractivity contribution in [2.24, 2.45) is 10.9 Å². The van der Waals surface area contributed by atoms with Crippen LogP contribution in [0.1, 0.15) is 31.4 Å². The first-order valence-electron chi connectivity index (χ1n) is 6.62. The molecule has 3 nitrogen and oxygen atoms in total. The lowest BCUT2D eigenvalue weighted by molar-refractivity contribution is 0.573. The van der Waals surface area contributed by atoms with E-state index in [1.165, 1.54) is 11.1 Å². The van der Waals surface area contributed by atoms with Crippen LogP contribution in [0, 0.1) is 12.8 Å². The Morgan fingerprint density at radius 2 is 2.06 bits per heavy atom. The number of aryl methyl sites for hydroxylation is 1. The number of hydrogen-bond donors (Lipinski definition) is 2. The minimum absolute atomic E-state index is 0.715. The maximum Gasteiger partial charge on any atom is 0.191 e. The summed E-state index contributed by atoms with van der Waals surface area (Å²) in [5, 5.41) is 6.65. The summed E-state index contributed by atoms with van der Waals surface area (Å²) in [6, 6.07) is 8.51. The van der Waals surface area contributed by atoms with E-state index in [2.05, 4.69) is 60.7 Å². The highest BCUT2D eigenvalue weighted by Crippen LogP contribution is 2.03. The van der Waals surface area contributed by atoms with Crippen LogP contribution >= 0.6 is 0 Å². The van der Waals surface area contributed by atoms with E-state index in [1.807, 2.05) is 0 Å². The summed E-state index contributed by atoms with van der Waals surface area (Å²) in [6.07, 6.45) is 1.16. The van der Waals surface area contributed by atoms with Crippen molar-refractivity contribution in [2.75, 3.05) is 13.6 Å². The van der Waals surface area contributed by atoms with Crippen LogP contribution in [0.15, 0.2) is 29.3 Å². The molecule has 1 aromatic rings. The van der Waals surface area contributed by atoms with Gasteiger partial charge in [0, 0.05) is 20.1 Å². The average molecular weight is 247 g/mol. The van der Waals surface area contributed by atoms with Gasteiger partial charge in [-0.15, -0.1) is 0 Å². The number of nitrogens with one attached hydrogen (secondary N) is 2. The van der Waals surface area contributed by atoms with Gasteiger partial charge in [0.25, 0.3) is 0 Å². The topological polar surface area (TPSA) is 36.4 Å². The second kappa shape index (κ2) is 7.75. The summed E-state index contributed by atoms with van der Waals surface area (Å²) in [5.41, 5.74) is 2.57. The maximum atomic E-state index is 4.22. The molecule has 0 aromatic heterocycles. The Morgan fingerprint density at radius 1 is 1.28 bits per heavy atom. The Kier molecular flexibility index (Phi) is 6.26. The highest BCUT2D eigenvalue weighted by molar-refractivity contribution is 5.79. The van der Waals surface area contributed by atoms with E-state index >= 15 is 0 Å². The Labute approximate surface area is 111 Å². The first-order chi connectivity index (χ1) is 8.61. The van der Waals surface area contributed by atoms with Gasteiger partial charge < -0.3 is 10.6 Å². The van der Waals surface area contributed by atoms with Crippen molar-refractivity contribution >= 4 is 5.96 Å². The predicted octanol–water partition coefficient (Wildman–Crippen LogP) is 2.71. The minimum Gasteiger partial charge on any atom is -0.356 e. The fourth-order valence-corrected chi connectivity index (χ4v) is 1.71. The Morgan fingerprint density at radius 3 is 2.67 bits per heavy atom. The van der Waals surface area contributed by atoms with Crippen molar-refractivity contribution < 1.29 is 0 Å². The van der Waals surface area contributed by atoms with Gasteiger partial charge in [-0.3, -0.25) is 4.99 Å². The summed E-state index contributed by atoms with van der Waals surface area (Å²) in [6.45, 7) is 8.34. The van der Waals surface area contributed by atoms with Gasteiger partial charge >= 0.3 is 0 Å². The Balaban J connectivity index is 2.36. The summed E-state index contributed by atoms with van der Waals surface area (Å²) in [7, 11) is 1.81. The molecule has 0 unspecified atom stereocenters. The molecule has 0 spiro atoms. The highest BCUT2D eigenvalue weighted by atomic mass is 15.2. The molecule has 0 heterocycles. The number of guanidine groups is 1. The molecule has 0 radical (unpaired) electrons. The van der Waals surface area contributed by atoms with Crippen molar-refractivity contribution in [3.05, 3.63) is 35.4 Å². The van der Waals surface area contributed by atoms with Gasteiger partial charge in [-0.05, 0) is 24.8 Å². The zero-order valence-electron chi connectivity index (χ0n) is 12.0. The molecule has 0 aliphatic rings. The summed E-state index contributed by atoms with van der Waals surface area (Å²) >= 11 is 0. The molecule has 1 rings (SSSR count). The fourth-order valence-electron chi connectivity index (χ4n) is 1.71. The van der Waals surface area contributed by atoms with Crippen LogP contribution in [-0.4, -0.2) is 19.6 Å². The molecule has 100 valence electrons. The van der Waals surface area contributed by atoms with Gasteiger partial charge in [-0.2, -0.15) is 0 Å². The van der Waals surface area contributed by atoms with Gasteiger partial charge in [-0.1, -0.05) is 43.7 Å². The maximum absolute atomic E-state index is 4.22. The standard InChI is InChI=1S/C15H25N3/c1-12(2)8-9-17-15(16-4)18-11-14-7-5-6-13(3)10-14/h5-7,10,12H,8-9,11H2,1-4H3,(H2,16,17,18). The molecule has 0 aliphatic carbocycles. The van der Waals surface area contributed by atoms with Crippen molar-refractivity contribution in [3.8, 4) is 0 Å². The SMILES string of the molecule is CN=C(NCCC(C)C)NCc1cccc(C)c1. The molecule has 0 saturated heterocycles. The van der Waals surface area contributed by atoms with E-state index in [1.54, 1.807) is 7.05 Å². The van der Waals surface area contributed by atoms with Gasteiger partial charge in [0.05, 0.1) is 0 Å². The molecule has 18 heavy (non-hydrogen) atoms. The lowest BCUT2D eigenvalue weighted by Crippen LogP contribution is -2.37. The van der Waals surface area contributed by atoms with Gasteiger partial charge in [0.15, 0.2) is 5.96 Å². The van der Waals surface area contributed by atoms with E-state index in [9.17, 15) is 0 Å². The number of nitrogens with zero attached hydrogens (tertiary/aromatic N) is 1. The number of hydrogen-bond acceptors (Lipinski definition) is 1. The van der Waals surface area contributed by atoms with Gasteiger partial charge in [0.1, 0.15) is 0 Å². The number of aliphatic imine (C=N–C) groups is 1. The second-order valence-electron chi connectivity index (χ2n) is 5.02. The third-order valence-electron chi connectivity index (χ3n) is 2.78. The van der Waals surface area contributed by atoms with E-state index in [4.69, 9.17) is 0 Å². The van der Waals surface area contributed by atoms with Crippen LogP contribution in [-0.2, 0) is 6.54 Å². The molecular weight excluding hydrogens is 222 g/mol. The lowest BCUT2D eigenvalue weighted by atomic mass is 10.1. The second-order valence-corrected chi connectivity index (χ2v) is 5.02. The minimum atomic E-state index is 0.715. The smallest absolute Gasteiger partial charge is 0.191 e. The third-order valence-corrected chi connectivity index (χ3v) is 2.78. The molecule has 3 heteroatoms. The van der Waals surface area contributed by atoms with Crippen molar-refractivity contribution in [2.45, 2.75) is 33.7 Å². The number of rotatable bonds is 5. The van der Waals surface area contributed by atoms with Gasteiger partial charge in [0.2, 0.25) is 0 Å². The zero-order chi connectivity index (χ0) is 13.4. The average Bonchev–Trinajstić information content (AvgIpc) is 2.33. The zero-order valence-corrected chi connectivity index (χ0v) is 12.0. The summed E-state index contributed by atoms with van der Waals surface area (Å²) in [4.78, 5) is 4.22. The molecular formula is C15H25N3. The van der Waals surface area contributed by atoms with Crippen LogP contribution in [0.3, 0.4) is 0 Å². The van der Waals surface area contributed by atoms with Crippen molar-refractivity contribution in [3.63, 3.8) is 0 Å². The molecule has 0 saturated carbocycles. The van der Waals surface area contributed by atoms with E-state index in [-0.39, 0.29) is 0 Å². The van der Waals surface area contributed by atoms with Crippen LogP contribution in [0.2, 0.25) is 0 Å². The molecule has 2 N–H and O–H groups in total. The normalized spacial score (nSPS) is 11.7. The number of benzene rings is 1. The first-order valence-corrected chi connectivity index (χ1v) is 6.62. The van der Waals surface area contributed by atoms with Crippen LogP contribution < -0.4 is 10.6 Å². The van der Waals surface area contributed by atoms with E-state index in [0.717, 1.165) is 25.5 Å². The summed E-state index contributed by atoms with van der Waals surface area (Å²) in [5.74, 6) is 1.59. The van der Waals surface area contributed by atoms with Crippen molar-refractivity contribution in [1.82, 2.24) is 10.6 Å². The van der Waals surface area contributed by atoms with Crippen LogP contribution in [0.4, 0.5) is 0 Å². The first kappa shape index (κ1) is 14.6.